The molecular weight excluding hydrogens is 272 g/mol. The number of anilines is 1. The average molecular weight is 292 g/mol. The van der Waals surface area contributed by atoms with Gasteiger partial charge in [0, 0.05) is 17.1 Å². The van der Waals surface area contributed by atoms with Crippen molar-refractivity contribution in [3.8, 4) is 5.88 Å². The molecule has 0 amide bonds. The van der Waals surface area contributed by atoms with Crippen LogP contribution < -0.4 is 10.1 Å². The summed E-state index contributed by atoms with van der Waals surface area (Å²) in [6.45, 7) is 6.94. The summed E-state index contributed by atoms with van der Waals surface area (Å²) in [4.78, 5) is 14.0. The van der Waals surface area contributed by atoms with Gasteiger partial charge < -0.3 is 10.1 Å². The van der Waals surface area contributed by atoms with E-state index < -0.39 is 0 Å². The fraction of sp³-hybridized carbons (Fsp3) is 0.500. The summed E-state index contributed by atoms with van der Waals surface area (Å²) in [6.07, 6.45) is 5.43. The maximum absolute atomic E-state index is 5.50. The highest BCUT2D eigenvalue weighted by Gasteiger charge is 2.11. The summed E-state index contributed by atoms with van der Waals surface area (Å²) >= 11 is 1.73. The van der Waals surface area contributed by atoms with Crippen LogP contribution in [0.3, 0.4) is 0 Å². The van der Waals surface area contributed by atoms with Gasteiger partial charge in [-0.3, -0.25) is 0 Å². The van der Waals surface area contributed by atoms with E-state index in [0.29, 0.717) is 12.5 Å². The first kappa shape index (κ1) is 14.7. The van der Waals surface area contributed by atoms with Crippen LogP contribution in [0.2, 0.25) is 0 Å². The zero-order chi connectivity index (χ0) is 14.4. The lowest BCUT2D eigenvalue weighted by molar-refractivity contribution is 0.305. The van der Waals surface area contributed by atoms with Crippen molar-refractivity contribution in [2.24, 2.45) is 0 Å². The second-order valence-corrected chi connectivity index (χ2v) is 5.62. The fourth-order valence-electron chi connectivity index (χ4n) is 1.67. The van der Waals surface area contributed by atoms with E-state index >= 15 is 0 Å². The average Bonchev–Trinajstić information content (AvgIpc) is 2.94. The molecule has 0 fully saturated rings. The lowest BCUT2D eigenvalue weighted by Crippen LogP contribution is -2.08. The topological polar surface area (TPSA) is 59.9 Å². The van der Waals surface area contributed by atoms with E-state index in [1.165, 1.54) is 11.2 Å². The van der Waals surface area contributed by atoms with Crippen molar-refractivity contribution in [3.63, 3.8) is 0 Å². The van der Waals surface area contributed by atoms with Crippen molar-refractivity contribution in [3.05, 3.63) is 28.5 Å². The zero-order valence-electron chi connectivity index (χ0n) is 12.1. The van der Waals surface area contributed by atoms with E-state index in [2.05, 4.69) is 41.0 Å². The first-order chi connectivity index (χ1) is 9.72. The third kappa shape index (κ3) is 3.90. The van der Waals surface area contributed by atoms with Gasteiger partial charge in [-0.1, -0.05) is 13.8 Å². The lowest BCUT2D eigenvalue weighted by Gasteiger charge is -2.12. The SMILES string of the molecule is CCCOc1cc(NC(C)c2ncc(CC)s2)ncn1. The number of hydrogen-bond donors (Lipinski definition) is 1. The van der Waals surface area contributed by atoms with Crippen LogP contribution in [-0.2, 0) is 6.42 Å². The third-order valence-electron chi connectivity index (χ3n) is 2.75. The van der Waals surface area contributed by atoms with Crippen LogP contribution in [-0.4, -0.2) is 21.6 Å². The molecule has 0 aliphatic heterocycles. The molecule has 2 aromatic rings. The molecule has 0 saturated heterocycles. The summed E-state index contributed by atoms with van der Waals surface area (Å²) in [5.74, 6) is 1.36. The Morgan fingerprint density at radius 1 is 1.30 bits per heavy atom. The monoisotopic (exact) mass is 292 g/mol. The van der Waals surface area contributed by atoms with Crippen LogP contribution in [0.15, 0.2) is 18.6 Å². The first-order valence-electron chi connectivity index (χ1n) is 6.88. The molecule has 0 saturated carbocycles. The second kappa shape index (κ2) is 7.19. The summed E-state index contributed by atoms with van der Waals surface area (Å²) in [7, 11) is 0. The molecule has 1 unspecified atom stereocenters. The van der Waals surface area contributed by atoms with Gasteiger partial charge in [0.2, 0.25) is 5.88 Å². The predicted octanol–water partition coefficient (Wildman–Crippen LogP) is 3.46. The van der Waals surface area contributed by atoms with Gasteiger partial charge in [-0.05, 0) is 19.8 Å². The van der Waals surface area contributed by atoms with Crippen LogP contribution >= 0.6 is 11.3 Å². The molecule has 0 radical (unpaired) electrons. The number of hydrogen-bond acceptors (Lipinski definition) is 6. The molecule has 0 aliphatic rings. The number of aryl methyl sites for hydroxylation is 1. The Kier molecular flexibility index (Phi) is 5.29. The van der Waals surface area contributed by atoms with Crippen molar-refractivity contribution < 1.29 is 4.74 Å². The standard InChI is InChI=1S/C14H20N4OS/c1-4-6-19-13-7-12(16-9-17-13)18-10(3)14-15-8-11(5-2)20-14/h7-10H,4-6H2,1-3H3,(H,16,17,18). The Labute approximate surface area is 123 Å². The highest BCUT2D eigenvalue weighted by Crippen LogP contribution is 2.24. The Hall–Kier alpha value is -1.69. The van der Waals surface area contributed by atoms with Crippen molar-refractivity contribution in [2.75, 3.05) is 11.9 Å². The van der Waals surface area contributed by atoms with E-state index in [-0.39, 0.29) is 6.04 Å². The molecule has 6 heteroatoms. The van der Waals surface area contributed by atoms with E-state index in [4.69, 9.17) is 4.74 Å². The maximum atomic E-state index is 5.50. The zero-order valence-corrected chi connectivity index (χ0v) is 12.9. The lowest BCUT2D eigenvalue weighted by atomic mass is 10.3. The molecule has 20 heavy (non-hydrogen) atoms. The van der Waals surface area contributed by atoms with Crippen molar-refractivity contribution in [1.29, 1.82) is 0 Å². The molecule has 2 aromatic heterocycles. The quantitative estimate of drug-likeness (QED) is 0.847. The van der Waals surface area contributed by atoms with Gasteiger partial charge >= 0.3 is 0 Å². The van der Waals surface area contributed by atoms with Gasteiger partial charge in [0.15, 0.2) is 0 Å². The fourth-order valence-corrected chi connectivity index (χ4v) is 2.53. The van der Waals surface area contributed by atoms with Gasteiger partial charge in [0.05, 0.1) is 12.6 Å². The van der Waals surface area contributed by atoms with Gasteiger partial charge in [-0.25, -0.2) is 15.0 Å². The molecule has 0 spiro atoms. The summed E-state index contributed by atoms with van der Waals surface area (Å²) in [6, 6.07) is 1.94. The van der Waals surface area contributed by atoms with Gasteiger partial charge in [-0.15, -0.1) is 11.3 Å². The number of ether oxygens (including phenoxy) is 1. The normalized spacial score (nSPS) is 12.2. The Balaban J connectivity index is 2.01. The van der Waals surface area contributed by atoms with Gasteiger partial charge in [0.1, 0.15) is 17.2 Å². The third-order valence-corrected chi connectivity index (χ3v) is 4.08. The van der Waals surface area contributed by atoms with Crippen LogP contribution in [0.5, 0.6) is 5.88 Å². The van der Waals surface area contributed by atoms with Crippen LogP contribution in [0.1, 0.15) is 43.1 Å². The maximum Gasteiger partial charge on any atom is 0.218 e. The van der Waals surface area contributed by atoms with Gasteiger partial charge in [0.25, 0.3) is 0 Å². The number of nitrogens with zero attached hydrogens (tertiary/aromatic N) is 3. The van der Waals surface area contributed by atoms with E-state index in [0.717, 1.165) is 23.7 Å². The van der Waals surface area contributed by atoms with Crippen molar-refractivity contribution in [2.45, 2.75) is 39.7 Å². The smallest absolute Gasteiger partial charge is 0.218 e. The second-order valence-electron chi connectivity index (χ2n) is 4.47. The highest BCUT2D eigenvalue weighted by molar-refractivity contribution is 7.11. The Morgan fingerprint density at radius 3 is 2.85 bits per heavy atom. The molecule has 2 heterocycles. The Bertz CT molecular complexity index is 543. The summed E-state index contributed by atoms with van der Waals surface area (Å²) < 4.78 is 5.50. The first-order valence-corrected chi connectivity index (χ1v) is 7.70. The van der Waals surface area contributed by atoms with Crippen LogP contribution in [0.25, 0.3) is 0 Å². The molecule has 1 N–H and O–H groups in total. The molecule has 0 aromatic carbocycles. The number of rotatable bonds is 7. The minimum Gasteiger partial charge on any atom is -0.478 e. The number of thiazole rings is 1. The molecular formula is C14H20N4OS. The van der Waals surface area contributed by atoms with E-state index in [9.17, 15) is 0 Å². The molecule has 0 bridgehead atoms. The Morgan fingerprint density at radius 2 is 2.15 bits per heavy atom. The predicted molar refractivity (Wildman–Crippen MR) is 81.3 cm³/mol. The minimum atomic E-state index is 0.120. The molecule has 0 aliphatic carbocycles. The van der Waals surface area contributed by atoms with E-state index in [1.807, 2.05) is 12.3 Å². The van der Waals surface area contributed by atoms with E-state index in [1.54, 1.807) is 11.3 Å². The summed E-state index contributed by atoms with van der Waals surface area (Å²) in [5, 5.41) is 4.40. The number of aromatic nitrogens is 3. The largest absolute Gasteiger partial charge is 0.478 e. The number of nitrogens with one attached hydrogen (secondary N) is 1. The van der Waals surface area contributed by atoms with Gasteiger partial charge in [-0.2, -0.15) is 0 Å². The van der Waals surface area contributed by atoms with Crippen LogP contribution in [0.4, 0.5) is 5.82 Å². The van der Waals surface area contributed by atoms with Crippen molar-refractivity contribution >= 4 is 17.2 Å². The van der Waals surface area contributed by atoms with Crippen molar-refractivity contribution in [1.82, 2.24) is 15.0 Å². The molecule has 108 valence electrons. The molecule has 1 atom stereocenters. The molecule has 5 nitrogen and oxygen atoms in total. The molecule has 2 rings (SSSR count). The van der Waals surface area contributed by atoms with Crippen LogP contribution in [0, 0.1) is 0 Å². The highest BCUT2D eigenvalue weighted by atomic mass is 32.1. The minimum absolute atomic E-state index is 0.120. The summed E-state index contributed by atoms with van der Waals surface area (Å²) in [5.41, 5.74) is 0.